The van der Waals surface area contributed by atoms with Crippen LogP contribution in [-0.2, 0) is 0 Å². The van der Waals surface area contributed by atoms with Gasteiger partial charge in [-0.25, -0.2) is 0 Å². The third-order valence-corrected chi connectivity index (χ3v) is 1.85. The highest BCUT2D eigenvalue weighted by Gasteiger charge is 2.13. The fourth-order valence-electron chi connectivity index (χ4n) is 1.32. The average molecular weight is 138 g/mol. The number of hydrogen-bond donors (Lipinski definition) is 0. The SMILES string of the molecule is c1cc(N2CCCC2)no1. The van der Waals surface area contributed by atoms with Crippen LogP contribution in [0.3, 0.4) is 0 Å². The fourth-order valence-corrected chi connectivity index (χ4v) is 1.32. The van der Waals surface area contributed by atoms with Gasteiger partial charge in [0.1, 0.15) is 6.26 Å². The summed E-state index contributed by atoms with van der Waals surface area (Å²) >= 11 is 0. The van der Waals surface area contributed by atoms with Gasteiger partial charge in [0, 0.05) is 19.2 Å². The Morgan fingerprint density at radius 3 is 2.80 bits per heavy atom. The van der Waals surface area contributed by atoms with E-state index in [9.17, 15) is 0 Å². The zero-order valence-corrected chi connectivity index (χ0v) is 5.79. The second-order valence-corrected chi connectivity index (χ2v) is 2.55. The summed E-state index contributed by atoms with van der Waals surface area (Å²) in [6.45, 7) is 2.26. The summed E-state index contributed by atoms with van der Waals surface area (Å²) in [5.74, 6) is 0.984. The van der Waals surface area contributed by atoms with Crippen molar-refractivity contribution in [3.63, 3.8) is 0 Å². The van der Waals surface area contributed by atoms with E-state index >= 15 is 0 Å². The van der Waals surface area contributed by atoms with Crippen LogP contribution in [0.2, 0.25) is 0 Å². The van der Waals surface area contributed by atoms with Crippen LogP contribution in [0.25, 0.3) is 0 Å². The van der Waals surface area contributed by atoms with Crippen LogP contribution in [-0.4, -0.2) is 18.2 Å². The lowest BCUT2D eigenvalue weighted by molar-refractivity contribution is 0.420. The van der Waals surface area contributed by atoms with Gasteiger partial charge in [-0.3, -0.25) is 0 Å². The molecule has 2 heterocycles. The predicted octanol–water partition coefficient (Wildman–Crippen LogP) is 1.27. The Morgan fingerprint density at radius 1 is 1.40 bits per heavy atom. The Balaban J connectivity index is 2.12. The van der Waals surface area contributed by atoms with Gasteiger partial charge in [-0.15, -0.1) is 0 Å². The van der Waals surface area contributed by atoms with Crippen LogP contribution in [0.15, 0.2) is 16.9 Å². The molecule has 0 radical (unpaired) electrons. The van der Waals surface area contributed by atoms with Gasteiger partial charge in [-0.2, -0.15) is 0 Å². The first-order chi connectivity index (χ1) is 4.97. The molecule has 1 saturated heterocycles. The minimum atomic E-state index is 0.984. The minimum absolute atomic E-state index is 0.984. The Hall–Kier alpha value is -0.990. The highest BCUT2D eigenvalue weighted by atomic mass is 16.5. The van der Waals surface area contributed by atoms with Crippen LogP contribution in [0.5, 0.6) is 0 Å². The smallest absolute Gasteiger partial charge is 0.171 e. The third kappa shape index (κ3) is 0.875. The van der Waals surface area contributed by atoms with Gasteiger partial charge in [-0.05, 0) is 12.8 Å². The molecule has 0 aromatic carbocycles. The maximum Gasteiger partial charge on any atom is 0.171 e. The van der Waals surface area contributed by atoms with Crippen LogP contribution < -0.4 is 4.90 Å². The van der Waals surface area contributed by atoms with Crippen LogP contribution in [0.1, 0.15) is 12.8 Å². The molecule has 0 atom stereocenters. The van der Waals surface area contributed by atoms with Crippen LogP contribution in [0, 0.1) is 0 Å². The van der Waals surface area contributed by atoms with Crippen molar-refractivity contribution in [2.75, 3.05) is 18.0 Å². The van der Waals surface area contributed by atoms with Gasteiger partial charge >= 0.3 is 0 Å². The van der Waals surface area contributed by atoms with E-state index in [2.05, 4.69) is 10.1 Å². The second-order valence-electron chi connectivity index (χ2n) is 2.55. The topological polar surface area (TPSA) is 29.3 Å². The number of aromatic nitrogens is 1. The summed E-state index contributed by atoms with van der Waals surface area (Å²) in [6.07, 6.45) is 4.19. The van der Waals surface area contributed by atoms with E-state index in [1.807, 2.05) is 6.07 Å². The minimum Gasteiger partial charge on any atom is -0.363 e. The highest BCUT2D eigenvalue weighted by Crippen LogP contribution is 2.16. The Bertz CT molecular complexity index is 189. The molecule has 1 aromatic heterocycles. The lowest BCUT2D eigenvalue weighted by atomic mass is 10.4. The highest BCUT2D eigenvalue weighted by molar-refractivity contribution is 5.36. The van der Waals surface area contributed by atoms with Gasteiger partial charge in [0.05, 0.1) is 0 Å². The fraction of sp³-hybridized carbons (Fsp3) is 0.571. The first-order valence-electron chi connectivity index (χ1n) is 3.62. The van der Waals surface area contributed by atoms with E-state index in [1.165, 1.54) is 12.8 Å². The normalized spacial score (nSPS) is 18.2. The summed E-state index contributed by atoms with van der Waals surface area (Å²) in [7, 11) is 0. The van der Waals surface area contributed by atoms with Gasteiger partial charge in [0.2, 0.25) is 0 Å². The molecule has 0 unspecified atom stereocenters. The number of rotatable bonds is 1. The molecule has 0 saturated carbocycles. The molecule has 0 spiro atoms. The molecule has 1 aromatic rings. The van der Waals surface area contributed by atoms with Crippen molar-refractivity contribution in [3.05, 3.63) is 12.3 Å². The molecule has 2 rings (SSSR count). The van der Waals surface area contributed by atoms with E-state index in [0.29, 0.717) is 0 Å². The summed E-state index contributed by atoms with van der Waals surface area (Å²) in [5, 5.41) is 3.85. The van der Waals surface area contributed by atoms with Gasteiger partial charge in [-0.1, -0.05) is 5.16 Å². The lowest BCUT2D eigenvalue weighted by Gasteiger charge is -2.11. The Morgan fingerprint density at radius 2 is 2.20 bits per heavy atom. The Kier molecular flexibility index (Phi) is 1.34. The molecule has 0 aliphatic carbocycles. The molecule has 1 fully saturated rings. The molecule has 3 nitrogen and oxygen atoms in total. The molecule has 1 aliphatic heterocycles. The maximum absolute atomic E-state index is 4.74. The van der Waals surface area contributed by atoms with Crippen molar-refractivity contribution < 1.29 is 4.52 Å². The molecule has 0 bridgehead atoms. The summed E-state index contributed by atoms with van der Waals surface area (Å²) in [5.41, 5.74) is 0. The monoisotopic (exact) mass is 138 g/mol. The number of nitrogens with zero attached hydrogens (tertiary/aromatic N) is 2. The van der Waals surface area contributed by atoms with Crippen molar-refractivity contribution in [2.24, 2.45) is 0 Å². The van der Waals surface area contributed by atoms with Crippen molar-refractivity contribution >= 4 is 5.82 Å². The van der Waals surface area contributed by atoms with Crippen molar-refractivity contribution in [3.8, 4) is 0 Å². The van der Waals surface area contributed by atoms with Crippen molar-refractivity contribution in [1.82, 2.24) is 5.16 Å². The van der Waals surface area contributed by atoms with Gasteiger partial charge in [0.25, 0.3) is 0 Å². The molecule has 10 heavy (non-hydrogen) atoms. The quantitative estimate of drug-likeness (QED) is 0.585. The first-order valence-corrected chi connectivity index (χ1v) is 3.62. The molecule has 0 N–H and O–H groups in total. The predicted molar refractivity (Wildman–Crippen MR) is 38.0 cm³/mol. The summed E-state index contributed by atoms with van der Waals surface area (Å²) in [6, 6.07) is 1.91. The number of hydrogen-bond acceptors (Lipinski definition) is 3. The van der Waals surface area contributed by atoms with Crippen LogP contribution in [0.4, 0.5) is 5.82 Å². The molecule has 0 amide bonds. The maximum atomic E-state index is 4.74. The van der Waals surface area contributed by atoms with Gasteiger partial charge < -0.3 is 9.42 Å². The second kappa shape index (κ2) is 2.33. The molecule has 54 valence electrons. The van der Waals surface area contributed by atoms with E-state index in [1.54, 1.807) is 6.26 Å². The van der Waals surface area contributed by atoms with E-state index in [0.717, 1.165) is 18.9 Å². The van der Waals surface area contributed by atoms with Crippen LogP contribution >= 0.6 is 0 Å². The largest absolute Gasteiger partial charge is 0.363 e. The Labute approximate surface area is 59.6 Å². The zero-order valence-electron chi connectivity index (χ0n) is 5.79. The van der Waals surface area contributed by atoms with E-state index in [4.69, 9.17) is 4.52 Å². The zero-order chi connectivity index (χ0) is 6.81. The molecule has 1 aliphatic rings. The molecular weight excluding hydrogens is 128 g/mol. The van der Waals surface area contributed by atoms with E-state index in [-0.39, 0.29) is 0 Å². The van der Waals surface area contributed by atoms with Gasteiger partial charge in [0.15, 0.2) is 5.82 Å². The number of anilines is 1. The molecule has 3 heteroatoms. The summed E-state index contributed by atoms with van der Waals surface area (Å²) in [4.78, 5) is 2.24. The summed E-state index contributed by atoms with van der Waals surface area (Å²) < 4.78 is 4.74. The lowest BCUT2D eigenvalue weighted by Crippen LogP contribution is -2.17. The van der Waals surface area contributed by atoms with E-state index < -0.39 is 0 Å². The van der Waals surface area contributed by atoms with Crippen molar-refractivity contribution in [2.45, 2.75) is 12.8 Å². The standard InChI is InChI=1S/C7H10N2O/c1-2-5-9(4-1)7-3-6-10-8-7/h3,6H,1-2,4-5H2. The average Bonchev–Trinajstić information content (AvgIpc) is 2.59. The molecular formula is C7H10N2O. The first kappa shape index (κ1) is 5.77. The van der Waals surface area contributed by atoms with Crippen molar-refractivity contribution in [1.29, 1.82) is 0 Å². The third-order valence-electron chi connectivity index (χ3n) is 1.85.